The largest absolute Gasteiger partial charge is 0.380 e. The van der Waals surface area contributed by atoms with Crippen molar-refractivity contribution < 1.29 is 9.47 Å². The van der Waals surface area contributed by atoms with Gasteiger partial charge in [0.1, 0.15) is 0 Å². The summed E-state index contributed by atoms with van der Waals surface area (Å²) in [4.78, 5) is 0. The fourth-order valence-corrected chi connectivity index (χ4v) is 2.30. The average Bonchev–Trinajstić information content (AvgIpc) is 2.34. The first-order valence-corrected chi connectivity index (χ1v) is 7.12. The van der Waals surface area contributed by atoms with Gasteiger partial charge >= 0.3 is 0 Å². The molecule has 1 N–H and O–H groups in total. The molecule has 1 aliphatic rings. The van der Waals surface area contributed by atoms with E-state index in [0.717, 1.165) is 39.1 Å². The van der Waals surface area contributed by atoms with Gasteiger partial charge in [0.2, 0.25) is 0 Å². The molecular formula is C14H29NO2. The van der Waals surface area contributed by atoms with E-state index >= 15 is 0 Å². The fraction of sp³-hybridized carbons (Fsp3) is 1.00. The maximum Gasteiger partial charge on any atom is 0.0622 e. The van der Waals surface area contributed by atoms with Crippen LogP contribution >= 0.6 is 0 Å². The Labute approximate surface area is 106 Å². The molecule has 3 unspecified atom stereocenters. The van der Waals surface area contributed by atoms with Gasteiger partial charge in [-0.25, -0.2) is 0 Å². The summed E-state index contributed by atoms with van der Waals surface area (Å²) >= 11 is 0. The van der Waals surface area contributed by atoms with E-state index in [0.29, 0.717) is 24.1 Å². The molecule has 1 saturated heterocycles. The predicted molar refractivity (Wildman–Crippen MR) is 71.3 cm³/mol. The van der Waals surface area contributed by atoms with Crippen molar-refractivity contribution in [2.75, 3.05) is 19.8 Å². The monoisotopic (exact) mass is 243 g/mol. The van der Waals surface area contributed by atoms with Gasteiger partial charge in [-0.15, -0.1) is 0 Å². The molecule has 0 aromatic carbocycles. The third-order valence-electron chi connectivity index (χ3n) is 3.58. The van der Waals surface area contributed by atoms with E-state index in [2.05, 4.69) is 33.0 Å². The first-order chi connectivity index (χ1) is 8.17. The Balaban J connectivity index is 2.37. The topological polar surface area (TPSA) is 30.5 Å². The minimum Gasteiger partial charge on any atom is -0.380 e. The van der Waals surface area contributed by atoms with Gasteiger partial charge in [-0.05, 0) is 32.1 Å². The molecule has 17 heavy (non-hydrogen) atoms. The molecule has 0 saturated carbocycles. The Kier molecular flexibility index (Phi) is 7.09. The van der Waals surface area contributed by atoms with Crippen LogP contribution in [0.15, 0.2) is 0 Å². The van der Waals surface area contributed by atoms with Gasteiger partial charge in [0, 0.05) is 25.3 Å². The molecule has 0 spiro atoms. The van der Waals surface area contributed by atoms with Crippen molar-refractivity contribution in [2.24, 2.45) is 5.92 Å². The smallest absolute Gasteiger partial charge is 0.0622 e. The molecule has 1 heterocycles. The molecule has 0 aliphatic carbocycles. The van der Waals surface area contributed by atoms with Crippen LogP contribution in [0.5, 0.6) is 0 Å². The third kappa shape index (κ3) is 5.36. The van der Waals surface area contributed by atoms with Crippen molar-refractivity contribution in [3.8, 4) is 0 Å². The summed E-state index contributed by atoms with van der Waals surface area (Å²) in [5.41, 5.74) is 0. The number of hydrogen-bond acceptors (Lipinski definition) is 3. The average molecular weight is 243 g/mol. The Morgan fingerprint density at radius 1 is 1.35 bits per heavy atom. The molecular weight excluding hydrogens is 214 g/mol. The van der Waals surface area contributed by atoms with E-state index in [9.17, 15) is 0 Å². The van der Waals surface area contributed by atoms with Gasteiger partial charge < -0.3 is 14.8 Å². The molecule has 0 aromatic heterocycles. The summed E-state index contributed by atoms with van der Waals surface area (Å²) < 4.78 is 11.3. The highest BCUT2D eigenvalue weighted by Crippen LogP contribution is 2.18. The lowest BCUT2D eigenvalue weighted by Crippen LogP contribution is -2.48. The van der Waals surface area contributed by atoms with Crippen molar-refractivity contribution in [1.82, 2.24) is 5.32 Å². The molecule has 0 amide bonds. The normalized spacial score (nSPS) is 27.4. The van der Waals surface area contributed by atoms with Crippen molar-refractivity contribution in [2.45, 2.75) is 65.1 Å². The van der Waals surface area contributed by atoms with E-state index < -0.39 is 0 Å². The van der Waals surface area contributed by atoms with Gasteiger partial charge in [-0.2, -0.15) is 0 Å². The fourth-order valence-electron chi connectivity index (χ4n) is 2.30. The summed E-state index contributed by atoms with van der Waals surface area (Å²) in [6, 6.07) is 1.07. The van der Waals surface area contributed by atoms with Crippen LogP contribution in [0.4, 0.5) is 0 Å². The zero-order chi connectivity index (χ0) is 12.7. The van der Waals surface area contributed by atoms with Gasteiger partial charge in [0.05, 0.1) is 12.7 Å². The van der Waals surface area contributed by atoms with Crippen molar-refractivity contribution in [1.29, 1.82) is 0 Å². The van der Waals surface area contributed by atoms with Crippen LogP contribution < -0.4 is 5.32 Å². The molecule has 0 radical (unpaired) electrons. The van der Waals surface area contributed by atoms with Crippen molar-refractivity contribution in [3.05, 3.63) is 0 Å². The second-order valence-corrected chi connectivity index (χ2v) is 5.30. The van der Waals surface area contributed by atoms with Crippen LogP contribution in [-0.4, -0.2) is 38.0 Å². The first-order valence-electron chi connectivity index (χ1n) is 7.12. The highest BCUT2D eigenvalue weighted by Gasteiger charge is 2.24. The van der Waals surface area contributed by atoms with Crippen LogP contribution in [0.3, 0.4) is 0 Å². The van der Waals surface area contributed by atoms with Crippen LogP contribution in [0.25, 0.3) is 0 Å². The van der Waals surface area contributed by atoms with Gasteiger partial charge in [-0.1, -0.05) is 20.8 Å². The minimum atomic E-state index is 0.446. The molecule has 1 rings (SSSR count). The maximum absolute atomic E-state index is 5.71. The number of ether oxygens (including phenoxy) is 2. The van der Waals surface area contributed by atoms with Crippen LogP contribution in [0.1, 0.15) is 47.0 Å². The standard InChI is InChI=1S/C14H29NO2/c1-5-13-9-12(7-8-17-13)15-14(11(3)4)10-16-6-2/h11-15H,5-10H2,1-4H3. The Morgan fingerprint density at radius 2 is 2.12 bits per heavy atom. The van der Waals surface area contributed by atoms with Crippen LogP contribution in [-0.2, 0) is 9.47 Å². The zero-order valence-electron chi connectivity index (χ0n) is 11.9. The summed E-state index contributed by atoms with van der Waals surface area (Å²) in [6.45, 7) is 11.3. The summed E-state index contributed by atoms with van der Waals surface area (Å²) in [5, 5.41) is 3.75. The van der Waals surface area contributed by atoms with Crippen molar-refractivity contribution in [3.63, 3.8) is 0 Å². The van der Waals surface area contributed by atoms with E-state index in [1.807, 2.05) is 0 Å². The van der Waals surface area contributed by atoms with Gasteiger partial charge in [0.25, 0.3) is 0 Å². The SMILES string of the molecule is CCOCC(NC1CCOC(CC)C1)C(C)C. The Hall–Kier alpha value is -0.120. The van der Waals surface area contributed by atoms with E-state index in [4.69, 9.17) is 9.47 Å². The van der Waals surface area contributed by atoms with Crippen LogP contribution in [0, 0.1) is 5.92 Å². The van der Waals surface area contributed by atoms with Crippen LogP contribution in [0.2, 0.25) is 0 Å². The molecule has 1 aliphatic heterocycles. The summed E-state index contributed by atoms with van der Waals surface area (Å²) in [6.07, 6.45) is 3.84. The maximum atomic E-state index is 5.71. The quantitative estimate of drug-likeness (QED) is 0.745. The Bertz CT molecular complexity index is 197. The summed E-state index contributed by atoms with van der Waals surface area (Å²) in [7, 11) is 0. The van der Waals surface area contributed by atoms with Crippen molar-refractivity contribution >= 4 is 0 Å². The molecule has 3 nitrogen and oxygen atoms in total. The third-order valence-corrected chi connectivity index (χ3v) is 3.58. The number of rotatable bonds is 7. The van der Waals surface area contributed by atoms with E-state index in [1.165, 1.54) is 0 Å². The number of nitrogens with one attached hydrogen (secondary N) is 1. The lowest BCUT2D eigenvalue weighted by Gasteiger charge is -2.34. The molecule has 0 bridgehead atoms. The minimum absolute atomic E-state index is 0.446. The summed E-state index contributed by atoms with van der Waals surface area (Å²) in [5.74, 6) is 0.615. The van der Waals surface area contributed by atoms with E-state index in [1.54, 1.807) is 0 Å². The molecule has 0 aromatic rings. The second kappa shape index (κ2) is 8.06. The van der Waals surface area contributed by atoms with Gasteiger partial charge in [-0.3, -0.25) is 0 Å². The first kappa shape index (κ1) is 14.9. The molecule has 3 atom stereocenters. The molecule has 102 valence electrons. The molecule has 3 heteroatoms. The zero-order valence-corrected chi connectivity index (χ0v) is 11.9. The lowest BCUT2D eigenvalue weighted by atomic mass is 9.98. The highest BCUT2D eigenvalue weighted by atomic mass is 16.5. The molecule has 1 fully saturated rings. The Morgan fingerprint density at radius 3 is 2.71 bits per heavy atom. The number of hydrogen-bond donors (Lipinski definition) is 1. The second-order valence-electron chi connectivity index (χ2n) is 5.30. The van der Waals surface area contributed by atoms with Gasteiger partial charge in [0.15, 0.2) is 0 Å². The lowest BCUT2D eigenvalue weighted by molar-refractivity contribution is -0.00650. The predicted octanol–water partition coefficient (Wildman–Crippen LogP) is 2.59. The van der Waals surface area contributed by atoms with E-state index in [-0.39, 0.29) is 0 Å². The highest BCUT2D eigenvalue weighted by molar-refractivity contribution is 4.81.